The number of hydrogen-bond acceptors (Lipinski definition) is 5. The second-order valence-corrected chi connectivity index (χ2v) is 7.69. The van der Waals surface area contributed by atoms with Crippen molar-refractivity contribution in [1.82, 2.24) is 0 Å². The highest BCUT2D eigenvalue weighted by molar-refractivity contribution is 6.04. The molecular formula is C25H17F3N2O5. The molecule has 7 nitrogen and oxygen atoms in total. The van der Waals surface area contributed by atoms with Crippen LogP contribution in [-0.2, 0) is 11.0 Å². The van der Waals surface area contributed by atoms with E-state index in [1.165, 1.54) is 48.5 Å². The maximum atomic E-state index is 12.9. The van der Waals surface area contributed by atoms with Gasteiger partial charge in [0.05, 0.1) is 23.7 Å². The average Bonchev–Trinajstić information content (AvgIpc) is 2.83. The zero-order valence-electron chi connectivity index (χ0n) is 17.9. The number of carboxylic acids is 1. The third kappa shape index (κ3) is 5.19. The Morgan fingerprint density at radius 1 is 1.11 bits per heavy atom. The molecule has 1 amide bonds. The highest BCUT2D eigenvalue weighted by Crippen LogP contribution is 2.39. The molecule has 4 rings (SSSR count). The highest BCUT2D eigenvalue weighted by Gasteiger charge is 2.31. The summed E-state index contributed by atoms with van der Waals surface area (Å²) in [6.07, 6.45) is -4.24. The van der Waals surface area contributed by atoms with Crippen LogP contribution in [0.15, 0.2) is 60.7 Å². The number of ether oxygens (including phenoxy) is 2. The third-order valence-electron chi connectivity index (χ3n) is 5.36. The van der Waals surface area contributed by atoms with Crippen LogP contribution in [0, 0.1) is 11.3 Å². The first-order valence-electron chi connectivity index (χ1n) is 10.4. The van der Waals surface area contributed by atoms with Crippen molar-refractivity contribution >= 4 is 17.6 Å². The van der Waals surface area contributed by atoms with E-state index in [-0.39, 0.29) is 41.3 Å². The summed E-state index contributed by atoms with van der Waals surface area (Å²) >= 11 is 0. The maximum Gasteiger partial charge on any atom is 0.416 e. The SMILES string of the molecule is N#Cc1cc2c(cc1Oc1ccc(C(=O)Nc3cccc(C(F)(F)F)c3)cc1)OCCC2C(=O)O. The van der Waals surface area contributed by atoms with E-state index < -0.39 is 29.5 Å². The summed E-state index contributed by atoms with van der Waals surface area (Å²) in [5, 5.41) is 21.3. The number of aliphatic carboxylic acids is 1. The average molecular weight is 482 g/mol. The molecule has 0 saturated heterocycles. The number of nitriles is 1. The summed E-state index contributed by atoms with van der Waals surface area (Å²) in [5.74, 6) is -1.66. The van der Waals surface area contributed by atoms with Crippen molar-refractivity contribution in [2.24, 2.45) is 0 Å². The molecule has 3 aromatic rings. The number of benzene rings is 3. The van der Waals surface area contributed by atoms with Crippen molar-refractivity contribution in [1.29, 1.82) is 5.26 Å². The van der Waals surface area contributed by atoms with Crippen LogP contribution < -0.4 is 14.8 Å². The second kappa shape index (κ2) is 9.38. The second-order valence-electron chi connectivity index (χ2n) is 7.69. The lowest BCUT2D eigenvalue weighted by Gasteiger charge is -2.24. The predicted molar refractivity (Wildman–Crippen MR) is 118 cm³/mol. The monoisotopic (exact) mass is 482 g/mol. The van der Waals surface area contributed by atoms with E-state index in [2.05, 4.69) is 5.32 Å². The van der Waals surface area contributed by atoms with Crippen LogP contribution in [0.2, 0.25) is 0 Å². The van der Waals surface area contributed by atoms with Crippen molar-refractivity contribution in [2.45, 2.75) is 18.5 Å². The summed E-state index contributed by atoms with van der Waals surface area (Å²) < 4.78 is 49.9. The molecule has 1 aliphatic heterocycles. The molecule has 1 unspecified atom stereocenters. The maximum absolute atomic E-state index is 12.9. The zero-order valence-corrected chi connectivity index (χ0v) is 17.9. The number of amides is 1. The van der Waals surface area contributed by atoms with E-state index in [1.807, 2.05) is 6.07 Å². The van der Waals surface area contributed by atoms with E-state index in [0.29, 0.717) is 11.3 Å². The molecular weight excluding hydrogens is 465 g/mol. The molecule has 10 heteroatoms. The Labute approximate surface area is 197 Å². The zero-order chi connectivity index (χ0) is 25.2. The molecule has 0 bridgehead atoms. The van der Waals surface area contributed by atoms with Gasteiger partial charge in [0.15, 0.2) is 0 Å². The van der Waals surface area contributed by atoms with Crippen LogP contribution in [0.3, 0.4) is 0 Å². The van der Waals surface area contributed by atoms with Gasteiger partial charge in [-0.05, 0) is 55.0 Å². The molecule has 0 saturated carbocycles. The highest BCUT2D eigenvalue weighted by atomic mass is 19.4. The Hall–Kier alpha value is -4.52. The Bertz CT molecular complexity index is 1330. The van der Waals surface area contributed by atoms with Gasteiger partial charge in [0.1, 0.15) is 23.3 Å². The summed E-state index contributed by atoms with van der Waals surface area (Å²) in [7, 11) is 0. The molecule has 2 N–H and O–H groups in total. The van der Waals surface area contributed by atoms with Gasteiger partial charge < -0.3 is 19.9 Å². The molecule has 1 heterocycles. The Balaban J connectivity index is 1.51. The Morgan fingerprint density at radius 3 is 2.51 bits per heavy atom. The van der Waals surface area contributed by atoms with Gasteiger partial charge in [-0.1, -0.05) is 6.07 Å². The van der Waals surface area contributed by atoms with Crippen LogP contribution in [0.25, 0.3) is 0 Å². The van der Waals surface area contributed by atoms with Crippen molar-refractivity contribution in [3.8, 4) is 23.3 Å². The van der Waals surface area contributed by atoms with Gasteiger partial charge in [0, 0.05) is 22.9 Å². The summed E-state index contributed by atoms with van der Waals surface area (Å²) in [5.41, 5.74) is -0.192. The lowest BCUT2D eigenvalue weighted by molar-refractivity contribution is -0.139. The van der Waals surface area contributed by atoms with Crippen LogP contribution in [0.4, 0.5) is 18.9 Å². The normalized spacial score (nSPS) is 14.7. The molecule has 35 heavy (non-hydrogen) atoms. The summed E-state index contributed by atoms with van der Waals surface area (Å²) in [6, 6.07) is 14.9. The van der Waals surface area contributed by atoms with Crippen LogP contribution in [0.1, 0.15) is 39.4 Å². The van der Waals surface area contributed by atoms with Gasteiger partial charge in [0.25, 0.3) is 5.91 Å². The first-order chi connectivity index (χ1) is 16.7. The molecule has 1 atom stereocenters. The van der Waals surface area contributed by atoms with Gasteiger partial charge in [-0.25, -0.2) is 0 Å². The molecule has 0 fully saturated rings. The van der Waals surface area contributed by atoms with Crippen molar-refractivity contribution < 1.29 is 37.3 Å². The van der Waals surface area contributed by atoms with Gasteiger partial charge >= 0.3 is 12.1 Å². The van der Waals surface area contributed by atoms with E-state index in [1.54, 1.807) is 0 Å². The first kappa shape index (κ1) is 23.6. The third-order valence-corrected chi connectivity index (χ3v) is 5.36. The van der Waals surface area contributed by atoms with Crippen LogP contribution in [-0.4, -0.2) is 23.6 Å². The molecule has 0 radical (unpaired) electrons. The minimum Gasteiger partial charge on any atom is -0.493 e. The number of nitrogens with one attached hydrogen (secondary N) is 1. The fourth-order valence-electron chi connectivity index (χ4n) is 3.62. The minimum absolute atomic E-state index is 0.00228. The lowest BCUT2D eigenvalue weighted by Crippen LogP contribution is -2.21. The number of halogens is 3. The number of nitrogens with zero attached hydrogens (tertiary/aromatic N) is 1. The van der Waals surface area contributed by atoms with E-state index in [0.717, 1.165) is 12.1 Å². The molecule has 0 spiro atoms. The standard InChI is InChI=1S/C25H17F3N2O5/c26-25(27,28)16-2-1-3-17(11-16)30-23(31)14-4-6-18(7-5-14)35-21-12-22-20(10-15(21)13-29)19(24(32)33)8-9-34-22/h1-7,10-12,19H,8-9H2,(H,30,31)(H,32,33). The number of carbonyl (C=O) groups is 2. The molecule has 1 aliphatic rings. The van der Waals surface area contributed by atoms with Gasteiger partial charge in [0.2, 0.25) is 0 Å². The van der Waals surface area contributed by atoms with E-state index >= 15 is 0 Å². The smallest absolute Gasteiger partial charge is 0.416 e. The van der Waals surface area contributed by atoms with E-state index in [9.17, 15) is 33.1 Å². The number of fused-ring (bicyclic) bond motifs is 1. The van der Waals surface area contributed by atoms with Gasteiger partial charge in [-0.2, -0.15) is 18.4 Å². The summed E-state index contributed by atoms with van der Waals surface area (Å²) in [4.78, 5) is 24.0. The largest absolute Gasteiger partial charge is 0.493 e. The Kier molecular flexibility index (Phi) is 6.34. The van der Waals surface area contributed by atoms with Crippen molar-refractivity contribution in [2.75, 3.05) is 11.9 Å². The quantitative estimate of drug-likeness (QED) is 0.492. The number of rotatable bonds is 5. The van der Waals surface area contributed by atoms with E-state index in [4.69, 9.17) is 9.47 Å². The number of alkyl halides is 3. The van der Waals surface area contributed by atoms with Crippen LogP contribution >= 0.6 is 0 Å². The molecule has 0 aromatic heterocycles. The summed E-state index contributed by atoms with van der Waals surface area (Å²) in [6.45, 7) is 0.213. The van der Waals surface area contributed by atoms with Crippen LogP contribution in [0.5, 0.6) is 17.2 Å². The van der Waals surface area contributed by atoms with Crippen molar-refractivity contribution in [3.63, 3.8) is 0 Å². The van der Waals surface area contributed by atoms with Gasteiger partial charge in [-0.15, -0.1) is 0 Å². The molecule has 178 valence electrons. The molecule has 3 aromatic carbocycles. The topological polar surface area (TPSA) is 109 Å². The number of carbonyl (C=O) groups excluding carboxylic acids is 1. The first-order valence-corrected chi connectivity index (χ1v) is 10.4. The number of carboxylic acid groups (broad SMARTS) is 1. The predicted octanol–water partition coefficient (Wildman–Crippen LogP) is 5.57. The molecule has 0 aliphatic carbocycles. The lowest BCUT2D eigenvalue weighted by atomic mass is 9.91. The van der Waals surface area contributed by atoms with Crippen molar-refractivity contribution in [3.05, 3.63) is 82.9 Å². The minimum atomic E-state index is -4.53. The van der Waals surface area contributed by atoms with Gasteiger partial charge in [-0.3, -0.25) is 9.59 Å². The Morgan fingerprint density at radius 2 is 1.86 bits per heavy atom. The number of anilines is 1. The fourth-order valence-corrected chi connectivity index (χ4v) is 3.62. The fraction of sp³-hybridized carbons (Fsp3) is 0.160. The number of hydrogen-bond donors (Lipinski definition) is 2.